The van der Waals surface area contributed by atoms with Crippen LogP contribution in [-0.4, -0.2) is 23.4 Å². The average Bonchev–Trinajstić information content (AvgIpc) is 2.62. The van der Waals surface area contributed by atoms with Crippen molar-refractivity contribution in [1.82, 2.24) is 0 Å². The van der Waals surface area contributed by atoms with E-state index in [0.717, 1.165) is 12.8 Å². The van der Waals surface area contributed by atoms with Crippen molar-refractivity contribution in [2.45, 2.75) is 45.6 Å². The van der Waals surface area contributed by atoms with Gasteiger partial charge in [-0.3, -0.25) is 4.79 Å². The van der Waals surface area contributed by atoms with Gasteiger partial charge in [-0.1, -0.05) is 19.0 Å². The Morgan fingerprint density at radius 1 is 1.44 bits per heavy atom. The van der Waals surface area contributed by atoms with E-state index in [0.29, 0.717) is 0 Å². The number of aliphatic carboxylic acids is 1. The highest BCUT2D eigenvalue weighted by Crippen LogP contribution is 2.57. The molecule has 0 spiro atoms. The third-order valence-electron chi connectivity index (χ3n) is 3.91. The van der Waals surface area contributed by atoms with Gasteiger partial charge in [0.15, 0.2) is 0 Å². The van der Waals surface area contributed by atoms with Gasteiger partial charge in [0.2, 0.25) is 0 Å². The van der Waals surface area contributed by atoms with Crippen molar-refractivity contribution in [1.29, 1.82) is 0 Å². The predicted octanol–water partition coefficient (Wildman–Crippen LogP) is 2.29. The van der Waals surface area contributed by atoms with E-state index in [1.807, 2.05) is 13.8 Å². The number of carbonyl (C=O) groups is 1. The lowest BCUT2D eigenvalue weighted by Crippen LogP contribution is -2.04. The Bertz CT molecular complexity index is 305. The van der Waals surface area contributed by atoms with E-state index in [1.54, 1.807) is 6.21 Å². The van der Waals surface area contributed by atoms with Crippen LogP contribution in [0.5, 0.6) is 0 Å². The number of hydrogen-bond donors (Lipinski definition) is 1. The molecule has 90 valence electrons. The van der Waals surface area contributed by atoms with Crippen LogP contribution in [-0.2, 0) is 9.63 Å². The van der Waals surface area contributed by atoms with Crippen LogP contribution in [0, 0.1) is 17.3 Å². The van der Waals surface area contributed by atoms with Crippen molar-refractivity contribution in [2.75, 3.05) is 0 Å². The van der Waals surface area contributed by atoms with Gasteiger partial charge in [-0.15, -0.1) is 0 Å². The molecule has 1 unspecified atom stereocenters. The fourth-order valence-electron chi connectivity index (χ4n) is 2.61. The molecule has 0 aromatic carbocycles. The van der Waals surface area contributed by atoms with E-state index in [9.17, 15) is 4.79 Å². The molecule has 0 radical (unpaired) electrons. The molecule has 1 N–H and O–H groups in total. The van der Waals surface area contributed by atoms with E-state index in [4.69, 9.17) is 9.94 Å². The number of hydrogen-bond acceptors (Lipinski definition) is 3. The van der Waals surface area contributed by atoms with E-state index in [2.05, 4.69) is 5.16 Å². The van der Waals surface area contributed by atoms with E-state index >= 15 is 0 Å². The molecule has 0 amide bonds. The molecule has 2 atom stereocenters. The standard InChI is InChI=1S/C12H19NO3/c1-12(2)9(10(12)11(14)15)7-13-16-8-5-3-4-6-8/h7-10H,3-6H2,1-2H3,(H,14,15)/t9?,10-/m0/s1. The molecule has 0 heterocycles. The number of carboxylic acids is 1. The highest BCUT2D eigenvalue weighted by Gasteiger charge is 2.61. The van der Waals surface area contributed by atoms with Crippen LogP contribution in [0.15, 0.2) is 5.16 Å². The summed E-state index contributed by atoms with van der Waals surface area (Å²) in [6, 6.07) is 0. The van der Waals surface area contributed by atoms with Crippen LogP contribution in [0.1, 0.15) is 39.5 Å². The zero-order valence-electron chi connectivity index (χ0n) is 9.85. The number of carboxylic acid groups (broad SMARTS) is 1. The van der Waals surface area contributed by atoms with Gasteiger partial charge in [-0.05, 0) is 31.1 Å². The normalized spacial score (nSPS) is 33.1. The molecule has 2 aliphatic rings. The van der Waals surface area contributed by atoms with Crippen molar-refractivity contribution in [3.63, 3.8) is 0 Å². The van der Waals surface area contributed by atoms with Gasteiger partial charge >= 0.3 is 5.97 Å². The molecule has 2 saturated carbocycles. The molecule has 4 heteroatoms. The lowest BCUT2D eigenvalue weighted by molar-refractivity contribution is -0.139. The van der Waals surface area contributed by atoms with Crippen LogP contribution in [0.4, 0.5) is 0 Å². The van der Waals surface area contributed by atoms with Crippen molar-refractivity contribution in [3.05, 3.63) is 0 Å². The Hall–Kier alpha value is -1.06. The van der Waals surface area contributed by atoms with Crippen LogP contribution < -0.4 is 0 Å². The predicted molar refractivity (Wildman–Crippen MR) is 60.2 cm³/mol. The smallest absolute Gasteiger partial charge is 0.307 e. The summed E-state index contributed by atoms with van der Waals surface area (Å²) in [5, 5.41) is 12.9. The quantitative estimate of drug-likeness (QED) is 0.590. The second kappa shape index (κ2) is 4.07. The molecule has 2 rings (SSSR count). The third-order valence-corrected chi connectivity index (χ3v) is 3.91. The Labute approximate surface area is 95.7 Å². The van der Waals surface area contributed by atoms with Gasteiger partial charge in [-0.2, -0.15) is 0 Å². The van der Waals surface area contributed by atoms with Crippen LogP contribution >= 0.6 is 0 Å². The molecule has 2 fully saturated rings. The first-order valence-corrected chi connectivity index (χ1v) is 5.95. The topological polar surface area (TPSA) is 58.9 Å². The van der Waals surface area contributed by atoms with Crippen molar-refractivity contribution in [2.24, 2.45) is 22.4 Å². The maximum Gasteiger partial charge on any atom is 0.307 e. The Morgan fingerprint density at radius 3 is 2.56 bits per heavy atom. The largest absolute Gasteiger partial charge is 0.481 e. The highest BCUT2D eigenvalue weighted by atomic mass is 16.6. The first kappa shape index (κ1) is 11.4. The molecule has 0 aromatic heterocycles. The van der Waals surface area contributed by atoms with Crippen LogP contribution in [0.2, 0.25) is 0 Å². The molecule has 16 heavy (non-hydrogen) atoms. The monoisotopic (exact) mass is 225 g/mol. The molecular weight excluding hydrogens is 206 g/mol. The minimum atomic E-state index is -0.734. The molecule has 0 saturated heterocycles. The minimum absolute atomic E-state index is 0.0198. The Kier molecular flexibility index (Phi) is 2.91. The summed E-state index contributed by atoms with van der Waals surface area (Å²) in [6.07, 6.45) is 6.51. The number of rotatable bonds is 4. The Balaban J connectivity index is 1.81. The summed E-state index contributed by atoms with van der Waals surface area (Å²) in [4.78, 5) is 16.3. The van der Waals surface area contributed by atoms with Crippen LogP contribution in [0.25, 0.3) is 0 Å². The summed E-state index contributed by atoms with van der Waals surface area (Å²) >= 11 is 0. The number of nitrogens with zero attached hydrogens (tertiary/aromatic N) is 1. The second-order valence-electron chi connectivity index (χ2n) is 5.43. The first-order valence-electron chi connectivity index (χ1n) is 5.95. The van der Waals surface area contributed by atoms with Crippen LogP contribution in [0.3, 0.4) is 0 Å². The van der Waals surface area contributed by atoms with Crippen molar-refractivity contribution < 1.29 is 14.7 Å². The lowest BCUT2D eigenvalue weighted by Gasteiger charge is -2.05. The molecule has 2 aliphatic carbocycles. The van der Waals surface area contributed by atoms with Gasteiger partial charge < -0.3 is 9.94 Å². The fourth-order valence-corrected chi connectivity index (χ4v) is 2.61. The third kappa shape index (κ3) is 2.06. The van der Waals surface area contributed by atoms with Crippen molar-refractivity contribution >= 4 is 12.2 Å². The molecule has 0 bridgehead atoms. The maximum absolute atomic E-state index is 10.9. The van der Waals surface area contributed by atoms with E-state index < -0.39 is 5.97 Å². The summed E-state index contributed by atoms with van der Waals surface area (Å²) in [5.74, 6) is -1.02. The molecule has 0 aromatic rings. The van der Waals surface area contributed by atoms with Gasteiger partial charge in [0, 0.05) is 12.1 Å². The average molecular weight is 225 g/mol. The molecule has 0 aliphatic heterocycles. The second-order valence-corrected chi connectivity index (χ2v) is 5.43. The van der Waals surface area contributed by atoms with Gasteiger partial charge in [0.05, 0.1) is 5.92 Å². The zero-order chi connectivity index (χ0) is 11.8. The number of oxime groups is 1. The maximum atomic E-state index is 10.9. The molecular formula is C12H19NO3. The summed E-state index contributed by atoms with van der Waals surface area (Å²) in [6.45, 7) is 3.91. The lowest BCUT2D eigenvalue weighted by atomic mass is 10.1. The summed E-state index contributed by atoms with van der Waals surface area (Å²) in [5.41, 5.74) is -0.172. The van der Waals surface area contributed by atoms with E-state index in [-0.39, 0.29) is 23.4 Å². The summed E-state index contributed by atoms with van der Waals surface area (Å²) < 4.78 is 0. The van der Waals surface area contributed by atoms with Crippen molar-refractivity contribution in [3.8, 4) is 0 Å². The highest BCUT2D eigenvalue weighted by molar-refractivity contribution is 5.84. The van der Waals surface area contributed by atoms with Gasteiger partial charge in [0.1, 0.15) is 6.10 Å². The van der Waals surface area contributed by atoms with E-state index in [1.165, 1.54) is 12.8 Å². The van der Waals surface area contributed by atoms with Gasteiger partial charge in [-0.25, -0.2) is 0 Å². The first-order chi connectivity index (χ1) is 7.53. The minimum Gasteiger partial charge on any atom is -0.481 e. The summed E-state index contributed by atoms with van der Waals surface area (Å²) in [7, 11) is 0. The fraction of sp³-hybridized carbons (Fsp3) is 0.833. The SMILES string of the molecule is CC1(C)C(C=NOC2CCCC2)[C@H]1C(=O)O. The van der Waals surface area contributed by atoms with Gasteiger partial charge in [0.25, 0.3) is 0 Å². The Morgan fingerprint density at radius 2 is 2.06 bits per heavy atom. The molecule has 4 nitrogen and oxygen atoms in total. The zero-order valence-corrected chi connectivity index (χ0v) is 9.85.